The number of rotatable bonds is 10. The van der Waals surface area contributed by atoms with Crippen LogP contribution in [0.2, 0.25) is 10.0 Å². The molecule has 4 aromatic heterocycles. The predicted octanol–water partition coefficient (Wildman–Crippen LogP) is 10.4. The third-order valence-electron chi connectivity index (χ3n) is 18.2. The molecule has 0 spiro atoms. The van der Waals surface area contributed by atoms with E-state index in [0.29, 0.717) is 56.1 Å². The number of fused-ring (bicyclic) bond motifs is 4. The van der Waals surface area contributed by atoms with Gasteiger partial charge in [0.05, 0.1) is 60.0 Å². The first-order valence-electron chi connectivity index (χ1n) is 30.3. The fourth-order valence-corrected chi connectivity index (χ4v) is 15.3. The van der Waals surface area contributed by atoms with Gasteiger partial charge in [-0.15, -0.1) is 0 Å². The van der Waals surface area contributed by atoms with Gasteiger partial charge in [0.15, 0.2) is 0 Å². The molecule has 1 N–H and O–H groups in total. The molecule has 0 bridgehead atoms. The number of amides is 3. The Kier molecular flexibility index (Phi) is 18.9. The number of hydrogen-bond acceptors (Lipinski definition) is 10. The van der Waals surface area contributed by atoms with Crippen LogP contribution in [0.4, 0.5) is 4.39 Å². The van der Waals surface area contributed by atoms with E-state index in [0.717, 1.165) is 144 Å². The molecule has 0 unspecified atom stereocenters. The topological polar surface area (TPSA) is 141 Å². The smallest absolute Gasteiger partial charge is 0.246 e. The summed E-state index contributed by atoms with van der Waals surface area (Å²) in [6, 6.07) is 21.6. The van der Waals surface area contributed by atoms with E-state index in [-0.39, 0.29) is 48.1 Å². The molecule has 0 saturated carbocycles. The van der Waals surface area contributed by atoms with Crippen molar-refractivity contribution in [3.05, 3.63) is 197 Å². The van der Waals surface area contributed by atoms with Gasteiger partial charge in [0.25, 0.3) is 0 Å². The van der Waals surface area contributed by atoms with E-state index in [1.165, 1.54) is 34.4 Å². The molecule has 0 radical (unpaired) electrons. The van der Waals surface area contributed by atoms with Gasteiger partial charge in [0, 0.05) is 122 Å². The average Bonchev–Trinajstić information content (AvgIpc) is 1.72. The van der Waals surface area contributed by atoms with Gasteiger partial charge in [-0.25, -0.2) is 14.4 Å². The highest BCUT2D eigenvalue weighted by Crippen LogP contribution is 2.41. The van der Waals surface area contributed by atoms with Crippen LogP contribution in [0.15, 0.2) is 119 Å². The van der Waals surface area contributed by atoms with Gasteiger partial charge in [-0.1, -0.05) is 47.5 Å². The minimum absolute atomic E-state index is 0.00357. The second-order valence-electron chi connectivity index (χ2n) is 24.3. The van der Waals surface area contributed by atoms with E-state index in [9.17, 15) is 18.8 Å². The number of hydrogen-bond donors (Lipinski definition) is 1. The molecule has 3 amide bonds. The summed E-state index contributed by atoms with van der Waals surface area (Å²) >= 11 is 20.1. The summed E-state index contributed by atoms with van der Waals surface area (Å²) in [5, 5.41) is 5.00. The normalized spacial score (nSPS) is 22.5. The quantitative estimate of drug-likeness (QED) is 0.141. The number of benzene rings is 3. The SMILES string of the molecule is Cc1cn(C[C@@H]2CCCN(C(=O)[C@H]3CN([C@H]4c5ccc(Cl)cc5CCc5cc(Br)cnc54)CCN3)C2)cn1.Cc1cn(C[C@@H]2CCCN(C(=O)[C@H]3CN([C@H]4c5ccc(Cl)cc5CCc5cc(Br)cnc54)CCN3C(=O)Cc3ccc(F)cc3)C2)cn1. The second-order valence-corrected chi connectivity index (χ2v) is 27.0. The van der Waals surface area contributed by atoms with Crippen LogP contribution in [0.1, 0.15) is 99.5 Å². The lowest BCUT2D eigenvalue weighted by atomic mass is 9.94. The lowest BCUT2D eigenvalue weighted by Crippen LogP contribution is -2.62. The third-order valence-corrected chi connectivity index (χ3v) is 19.6. The monoisotopic (exact) mass is 1330 g/mol. The van der Waals surface area contributed by atoms with Crippen molar-refractivity contribution >= 4 is 72.8 Å². The number of carbonyl (C=O) groups excluding carboxylic acids is 3. The molecular formula is C66H73Br2Cl2FN12O3. The number of pyridine rings is 2. The van der Waals surface area contributed by atoms with Crippen molar-refractivity contribution in [3.8, 4) is 0 Å². The summed E-state index contributed by atoms with van der Waals surface area (Å²) in [6.45, 7) is 12.3. The summed E-state index contributed by atoms with van der Waals surface area (Å²) < 4.78 is 19.8. The third kappa shape index (κ3) is 13.9. The van der Waals surface area contributed by atoms with Gasteiger partial charge in [0.1, 0.15) is 11.9 Å². The van der Waals surface area contributed by atoms with Crippen molar-refractivity contribution < 1.29 is 18.8 Å². The van der Waals surface area contributed by atoms with Gasteiger partial charge < -0.3 is 29.2 Å². The van der Waals surface area contributed by atoms with Crippen LogP contribution in [0.25, 0.3) is 0 Å². The molecular weight excluding hydrogens is 1260 g/mol. The Labute approximate surface area is 529 Å². The van der Waals surface area contributed by atoms with E-state index >= 15 is 0 Å². The lowest BCUT2D eigenvalue weighted by molar-refractivity contribution is -0.150. The van der Waals surface area contributed by atoms with Crippen molar-refractivity contribution in [2.75, 3.05) is 65.4 Å². The number of nitrogens with one attached hydrogen (secondary N) is 1. The number of likely N-dealkylation sites (tertiary alicyclic amines) is 2. The molecule has 6 atom stereocenters. The number of carbonyl (C=O) groups is 3. The van der Waals surface area contributed by atoms with Crippen LogP contribution in [0.3, 0.4) is 0 Å². The van der Waals surface area contributed by atoms with Gasteiger partial charge >= 0.3 is 0 Å². The number of piperidine rings is 2. The van der Waals surface area contributed by atoms with E-state index in [1.807, 2.05) is 68.2 Å². The van der Waals surface area contributed by atoms with Crippen molar-refractivity contribution in [1.29, 1.82) is 0 Å². The molecule has 4 saturated heterocycles. The zero-order chi connectivity index (χ0) is 59.6. The highest BCUT2D eigenvalue weighted by molar-refractivity contribution is 9.10. The van der Waals surface area contributed by atoms with Crippen LogP contribution >= 0.6 is 55.1 Å². The van der Waals surface area contributed by atoms with Crippen molar-refractivity contribution in [2.45, 2.75) is 109 Å². The summed E-state index contributed by atoms with van der Waals surface area (Å²) in [4.78, 5) is 71.6. The second kappa shape index (κ2) is 26.9. The maximum absolute atomic E-state index is 14.6. The molecule has 86 heavy (non-hydrogen) atoms. The summed E-state index contributed by atoms with van der Waals surface area (Å²) in [6.07, 6.45) is 19.4. The number of aryl methyl sites for hydroxylation is 6. The maximum Gasteiger partial charge on any atom is 0.246 e. The van der Waals surface area contributed by atoms with Gasteiger partial charge in [-0.2, -0.15) is 0 Å². The Balaban J connectivity index is 0.000000173. The Morgan fingerprint density at radius 1 is 0.605 bits per heavy atom. The molecule has 3 aromatic carbocycles. The Bertz CT molecular complexity index is 3500. The van der Waals surface area contributed by atoms with Gasteiger partial charge in [-0.05, 0) is 196 Å². The minimum Gasteiger partial charge on any atom is -0.341 e. The zero-order valence-corrected chi connectivity index (χ0v) is 53.4. The molecule has 4 aliphatic heterocycles. The largest absolute Gasteiger partial charge is 0.341 e. The Morgan fingerprint density at radius 3 is 1.66 bits per heavy atom. The van der Waals surface area contributed by atoms with Crippen molar-refractivity contribution in [1.82, 2.24) is 58.9 Å². The fourth-order valence-electron chi connectivity index (χ4n) is 14.2. The Morgan fingerprint density at radius 2 is 1.13 bits per heavy atom. The highest BCUT2D eigenvalue weighted by Gasteiger charge is 2.43. The van der Waals surface area contributed by atoms with Crippen LogP contribution in [-0.2, 0) is 59.6 Å². The summed E-state index contributed by atoms with van der Waals surface area (Å²) in [5.41, 5.74) is 12.1. The van der Waals surface area contributed by atoms with Crippen LogP contribution in [-0.4, -0.2) is 149 Å². The first-order valence-corrected chi connectivity index (χ1v) is 32.7. The predicted molar refractivity (Wildman–Crippen MR) is 338 cm³/mol. The first kappa shape index (κ1) is 60.4. The molecule has 8 heterocycles. The Hall–Kier alpha value is -5.86. The molecule has 7 aromatic rings. The summed E-state index contributed by atoms with van der Waals surface area (Å²) in [7, 11) is 0. The van der Waals surface area contributed by atoms with E-state index < -0.39 is 6.04 Å². The number of halogens is 5. The van der Waals surface area contributed by atoms with Crippen molar-refractivity contribution in [3.63, 3.8) is 0 Å². The molecule has 6 aliphatic rings. The first-order chi connectivity index (χ1) is 41.7. The van der Waals surface area contributed by atoms with Crippen LogP contribution in [0.5, 0.6) is 0 Å². The van der Waals surface area contributed by atoms with E-state index in [2.05, 4.69) is 108 Å². The molecule has 4 fully saturated rings. The fraction of sp³-hybridized carbons (Fsp3) is 0.439. The van der Waals surface area contributed by atoms with Crippen LogP contribution < -0.4 is 5.32 Å². The average molecular weight is 1330 g/mol. The lowest BCUT2D eigenvalue weighted by Gasteiger charge is -2.46. The number of aromatic nitrogens is 6. The van der Waals surface area contributed by atoms with Gasteiger partial charge in [0.2, 0.25) is 17.7 Å². The summed E-state index contributed by atoms with van der Waals surface area (Å²) in [5.74, 6) is 0.478. The van der Waals surface area contributed by atoms with E-state index in [1.54, 1.807) is 17.0 Å². The molecule has 2 aliphatic carbocycles. The zero-order valence-electron chi connectivity index (χ0n) is 48.7. The van der Waals surface area contributed by atoms with Crippen LogP contribution in [0, 0.1) is 31.5 Å². The number of piperazine rings is 2. The number of nitrogens with zero attached hydrogens (tertiary/aromatic N) is 11. The maximum atomic E-state index is 14.6. The van der Waals surface area contributed by atoms with Gasteiger partial charge in [-0.3, -0.25) is 34.2 Å². The van der Waals surface area contributed by atoms with E-state index in [4.69, 9.17) is 33.2 Å². The molecule has 20 heteroatoms. The van der Waals surface area contributed by atoms with Crippen molar-refractivity contribution in [2.24, 2.45) is 11.8 Å². The highest BCUT2D eigenvalue weighted by atomic mass is 79.9. The molecule has 450 valence electrons. The standard InChI is InChI=1S/C37H39BrClFN6O2.C29H34BrClN6O/c1-24-19-43(23-42-24)20-26-3-2-12-45(21-26)37(48)33-22-44(13-14-46(33)34(47)15-25-4-9-31(40)10-5-25)36-32-11-8-30(39)17-27(32)6-7-28-16-29(38)18-41-35(28)36;1-19-14-35(18-34-19)15-20-3-2-9-37(16-20)29(38)26-17-36(10-8-32-26)28-25-7-6-24(31)12-21(25)4-5-22-11-23(30)13-33-27(22)28/h4-5,8-11,16-19,23,26,33,36H,2-3,6-7,12-15,20-22H2,1H3;6-7,11-14,18,20,26,28,32H,2-5,8-10,15-17H2,1H3/t26-,33+,36-;20-,26+,28-/m00/s1. The minimum atomic E-state index is -0.668. The number of imidazole rings is 2. The molecule has 13 rings (SSSR count). The molecule has 15 nitrogen and oxygen atoms in total.